The summed E-state index contributed by atoms with van der Waals surface area (Å²) in [5.41, 5.74) is -0.997. The van der Waals surface area contributed by atoms with Crippen molar-refractivity contribution >= 4 is 12.1 Å². The van der Waals surface area contributed by atoms with Gasteiger partial charge in [0.15, 0.2) is 0 Å². The maximum Gasteiger partial charge on any atom is 0.407 e. The van der Waals surface area contributed by atoms with Gasteiger partial charge in [-0.2, -0.15) is 0 Å². The second-order valence-electron chi connectivity index (χ2n) is 7.04. The fourth-order valence-electron chi connectivity index (χ4n) is 3.57. The molecule has 1 aromatic rings. The van der Waals surface area contributed by atoms with Gasteiger partial charge in [0.05, 0.1) is 11.1 Å². The van der Waals surface area contributed by atoms with Crippen molar-refractivity contribution in [3.8, 4) is 12.3 Å². The van der Waals surface area contributed by atoms with Crippen molar-refractivity contribution in [2.24, 2.45) is 5.41 Å². The number of rotatable bonds is 3. The number of hydrogen-bond donors (Lipinski definition) is 1. The Morgan fingerprint density at radius 1 is 1.38 bits per heavy atom. The van der Waals surface area contributed by atoms with E-state index >= 15 is 0 Å². The summed E-state index contributed by atoms with van der Waals surface area (Å²) < 4.78 is 5.73. The van der Waals surface area contributed by atoms with Crippen LogP contribution in [-0.2, 0) is 4.74 Å². The van der Waals surface area contributed by atoms with Gasteiger partial charge in [-0.15, -0.1) is 12.3 Å². The molecule has 0 spiro atoms. The lowest BCUT2D eigenvalue weighted by Gasteiger charge is -2.48. The second-order valence-corrected chi connectivity index (χ2v) is 7.04. The molecule has 1 fully saturated rings. The summed E-state index contributed by atoms with van der Waals surface area (Å²) in [5.74, 6) is 2.13. The van der Waals surface area contributed by atoms with E-state index in [-0.39, 0.29) is 6.42 Å². The number of carboxylic acid groups (broad SMARTS) is 1. The fraction of sp³-hybridized carbons (Fsp3) is 0.474. The van der Waals surface area contributed by atoms with Gasteiger partial charge >= 0.3 is 12.1 Å². The van der Waals surface area contributed by atoms with Gasteiger partial charge in [0.2, 0.25) is 0 Å². The van der Waals surface area contributed by atoms with E-state index in [1.165, 1.54) is 4.90 Å². The van der Waals surface area contributed by atoms with Gasteiger partial charge in [0.1, 0.15) is 6.10 Å². The summed E-state index contributed by atoms with van der Waals surface area (Å²) >= 11 is 0. The lowest BCUT2D eigenvalue weighted by molar-refractivity contribution is -0.0526. The topological polar surface area (TPSA) is 66.8 Å². The van der Waals surface area contributed by atoms with Crippen LogP contribution < -0.4 is 0 Å². The highest BCUT2D eigenvalue weighted by molar-refractivity contribution is 5.89. The van der Waals surface area contributed by atoms with Crippen LogP contribution in [0.2, 0.25) is 0 Å². The van der Waals surface area contributed by atoms with Gasteiger partial charge < -0.3 is 9.84 Å². The minimum Gasteiger partial charge on any atom is -0.465 e. The van der Waals surface area contributed by atoms with Crippen LogP contribution in [0.4, 0.5) is 4.79 Å². The highest BCUT2D eigenvalue weighted by Gasteiger charge is 2.59. The highest BCUT2D eigenvalue weighted by atomic mass is 16.5. The van der Waals surface area contributed by atoms with Crippen LogP contribution in [0, 0.1) is 17.8 Å². The molecule has 0 unspecified atom stereocenters. The molecule has 0 radical (unpaired) electrons. The normalized spacial score (nSPS) is 23.6. The van der Waals surface area contributed by atoms with Crippen molar-refractivity contribution in [3.05, 3.63) is 35.9 Å². The third kappa shape index (κ3) is 2.96. The maximum atomic E-state index is 12.5. The predicted octanol–water partition coefficient (Wildman–Crippen LogP) is 3.40. The summed E-state index contributed by atoms with van der Waals surface area (Å²) in [4.78, 5) is 25.6. The molecule has 1 amide bonds. The smallest absolute Gasteiger partial charge is 0.407 e. The lowest BCUT2D eigenvalue weighted by Crippen LogP contribution is -2.61. The third-order valence-corrected chi connectivity index (χ3v) is 4.79. The molecule has 1 aliphatic heterocycles. The van der Waals surface area contributed by atoms with Crippen molar-refractivity contribution in [3.63, 3.8) is 0 Å². The van der Waals surface area contributed by atoms with E-state index in [1.807, 2.05) is 26.8 Å². The summed E-state index contributed by atoms with van der Waals surface area (Å²) in [5, 5.41) is 9.62. The number of carbonyl (C=O) groups excluding carboxylic acids is 1. The molecule has 2 atom stereocenters. The first-order valence-electron chi connectivity index (χ1n) is 7.94. The molecule has 0 aromatic heterocycles. The first-order chi connectivity index (χ1) is 11.2. The monoisotopic (exact) mass is 329 g/mol. The molecule has 0 saturated carbocycles. The van der Waals surface area contributed by atoms with Gasteiger partial charge in [-0.1, -0.05) is 39.0 Å². The summed E-state index contributed by atoms with van der Waals surface area (Å²) in [6.45, 7) is 6.07. The average molecular weight is 329 g/mol. The van der Waals surface area contributed by atoms with Crippen LogP contribution in [0.3, 0.4) is 0 Å². The van der Waals surface area contributed by atoms with Crippen LogP contribution in [0.25, 0.3) is 0 Å². The van der Waals surface area contributed by atoms with Gasteiger partial charge in [-0.3, -0.25) is 4.90 Å². The molecule has 2 rings (SSSR count). The Hall–Kier alpha value is -2.48. The SMILES string of the molecule is C#CC[C@@]1(C(C)(C)C)[C@H](OC(=O)c2ccccc2)CCN1C(=O)O. The van der Waals surface area contributed by atoms with Crippen molar-refractivity contribution in [1.82, 2.24) is 4.90 Å². The Morgan fingerprint density at radius 2 is 2.00 bits per heavy atom. The molecule has 1 heterocycles. The number of ether oxygens (including phenoxy) is 1. The molecule has 5 heteroatoms. The van der Waals surface area contributed by atoms with Crippen LogP contribution >= 0.6 is 0 Å². The summed E-state index contributed by atoms with van der Waals surface area (Å²) in [6.07, 6.45) is 4.54. The second kappa shape index (κ2) is 6.56. The molecule has 24 heavy (non-hydrogen) atoms. The number of benzene rings is 1. The molecular weight excluding hydrogens is 306 g/mol. The van der Waals surface area contributed by atoms with Gasteiger partial charge in [0.25, 0.3) is 0 Å². The third-order valence-electron chi connectivity index (χ3n) is 4.79. The van der Waals surface area contributed by atoms with E-state index < -0.39 is 29.1 Å². The largest absolute Gasteiger partial charge is 0.465 e. The number of esters is 1. The van der Waals surface area contributed by atoms with E-state index in [0.717, 1.165) is 0 Å². The van der Waals surface area contributed by atoms with E-state index in [1.54, 1.807) is 24.3 Å². The van der Waals surface area contributed by atoms with E-state index in [0.29, 0.717) is 18.5 Å². The number of carbonyl (C=O) groups is 2. The summed E-state index contributed by atoms with van der Waals surface area (Å²) in [6, 6.07) is 8.68. The molecule has 5 nitrogen and oxygen atoms in total. The van der Waals surface area contributed by atoms with Gasteiger partial charge in [-0.05, 0) is 17.5 Å². The molecule has 0 bridgehead atoms. The number of terminal acetylenes is 1. The molecular formula is C19H23NO4. The molecule has 1 aliphatic rings. The zero-order valence-corrected chi connectivity index (χ0v) is 14.3. The standard InChI is InChI=1S/C19H23NO4/c1-5-12-19(18(2,3)4)15(11-13-20(19)17(22)23)24-16(21)14-9-7-6-8-10-14/h1,6-10,15H,11-13H2,2-4H3,(H,22,23)/t15-,19+/m1/s1. The zero-order chi connectivity index (χ0) is 18.0. The Kier molecular flexibility index (Phi) is 4.88. The van der Waals surface area contributed by atoms with E-state index in [9.17, 15) is 14.7 Å². The van der Waals surface area contributed by atoms with Gasteiger partial charge in [-0.25, -0.2) is 9.59 Å². The van der Waals surface area contributed by atoms with Gasteiger partial charge in [0, 0.05) is 19.4 Å². The summed E-state index contributed by atoms with van der Waals surface area (Å²) in [7, 11) is 0. The Bertz CT molecular complexity index is 656. The first kappa shape index (κ1) is 17.9. The highest BCUT2D eigenvalue weighted by Crippen LogP contribution is 2.47. The Balaban J connectivity index is 2.39. The predicted molar refractivity (Wildman–Crippen MR) is 90.6 cm³/mol. The van der Waals surface area contributed by atoms with Crippen LogP contribution in [0.1, 0.15) is 44.0 Å². The quantitative estimate of drug-likeness (QED) is 0.682. The minimum atomic E-state index is -1.04. The van der Waals surface area contributed by atoms with Crippen LogP contribution in [-0.4, -0.2) is 40.3 Å². The van der Waals surface area contributed by atoms with Crippen molar-refractivity contribution in [2.45, 2.75) is 45.3 Å². The molecule has 128 valence electrons. The number of amides is 1. The number of likely N-dealkylation sites (tertiary alicyclic amines) is 1. The Morgan fingerprint density at radius 3 is 2.50 bits per heavy atom. The molecule has 1 saturated heterocycles. The average Bonchev–Trinajstić information content (AvgIpc) is 2.88. The zero-order valence-electron chi connectivity index (χ0n) is 14.3. The van der Waals surface area contributed by atoms with Crippen molar-refractivity contribution < 1.29 is 19.4 Å². The molecule has 1 N–H and O–H groups in total. The Labute approximate surface area is 142 Å². The first-order valence-corrected chi connectivity index (χ1v) is 7.94. The number of nitrogens with zero attached hydrogens (tertiary/aromatic N) is 1. The van der Waals surface area contributed by atoms with Crippen molar-refractivity contribution in [1.29, 1.82) is 0 Å². The van der Waals surface area contributed by atoms with Crippen LogP contribution in [0.15, 0.2) is 30.3 Å². The molecule has 0 aliphatic carbocycles. The molecule has 1 aromatic carbocycles. The maximum absolute atomic E-state index is 12.5. The van der Waals surface area contributed by atoms with E-state index in [2.05, 4.69) is 5.92 Å². The lowest BCUT2D eigenvalue weighted by atomic mass is 9.68. The van der Waals surface area contributed by atoms with Crippen molar-refractivity contribution in [2.75, 3.05) is 6.54 Å². The minimum absolute atomic E-state index is 0.190. The number of hydrogen-bond acceptors (Lipinski definition) is 3. The fourth-order valence-corrected chi connectivity index (χ4v) is 3.57. The van der Waals surface area contributed by atoms with E-state index in [4.69, 9.17) is 11.2 Å². The van der Waals surface area contributed by atoms with Crippen LogP contribution in [0.5, 0.6) is 0 Å².